The van der Waals surface area contributed by atoms with Gasteiger partial charge in [-0.3, -0.25) is 14.4 Å². The van der Waals surface area contributed by atoms with Gasteiger partial charge in [0, 0.05) is 24.8 Å². The van der Waals surface area contributed by atoms with Gasteiger partial charge in [0.1, 0.15) is 11.6 Å². The van der Waals surface area contributed by atoms with Crippen molar-refractivity contribution in [3.8, 4) is 5.75 Å². The van der Waals surface area contributed by atoms with Crippen molar-refractivity contribution in [2.24, 2.45) is 5.10 Å². The van der Waals surface area contributed by atoms with Crippen LogP contribution in [0.1, 0.15) is 18.1 Å². The van der Waals surface area contributed by atoms with Gasteiger partial charge in [-0.2, -0.15) is 9.41 Å². The highest BCUT2D eigenvalue weighted by molar-refractivity contribution is 7.89. The average Bonchev–Trinajstić information content (AvgIpc) is 3.04. The number of nitrogens with zero attached hydrogens (tertiary/aromatic N) is 2. The number of hydrogen-bond acceptors (Lipinski definition) is 7. The summed E-state index contributed by atoms with van der Waals surface area (Å²) in [6, 6.07) is 26.9. The number of hydrazone groups is 1. The van der Waals surface area contributed by atoms with Crippen molar-refractivity contribution in [2.75, 3.05) is 30.3 Å². The molecule has 0 bridgehead atoms. The van der Waals surface area contributed by atoms with E-state index in [9.17, 15) is 27.2 Å². The van der Waals surface area contributed by atoms with Crippen molar-refractivity contribution in [3.05, 3.63) is 120 Å². The van der Waals surface area contributed by atoms with E-state index in [1.807, 2.05) is 30.3 Å². The second-order valence-corrected chi connectivity index (χ2v) is 11.9. The molecule has 0 radical (unpaired) electrons. The quantitative estimate of drug-likeness (QED) is 0.139. The van der Waals surface area contributed by atoms with Crippen LogP contribution >= 0.6 is 0 Å². The van der Waals surface area contributed by atoms with Gasteiger partial charge in [-0.15, -0.1) is 0 Å². The Morgan fingerprint density at radius 3 is 2.11 bits per heavy atom. The lowest BCUT2D eigenvalue weighted by molar-refractivity contribution is -0.121. The number of hydrogen-bond donors (Lipinski definition) is 3. The lowest BCUT2D eigenvalue weighted by Gasteiger charge is -2.21. The standard InChI is InChI=1S/C33H32FN5O6S/c1-24(40)36-28-13-17-31(18-14-28)46(43,44)39(20-19-25-5-3-2-4-6-25)22-32(41)38-35-21-26-7-15-30(16-8-26)45-23-33(42)37-29-11-9-27(34)10-12-29/h2-18,21H,19-20,22-23H2,1H3,(H,36,40)(H,37,42)(H,38,41)/b35-21+. The smallest absolute Gasteiger partial charge is 0.262 e. The third kappa shape index (κ3) is 10.4. The van der Waals surface area contributed by atoms with Crippen molar-refractivity contribution in [1.82, 2.24) is 9.73 Å². The van der Waals surface area contributed by atoms with Crippen LogP contribution in [0, 0.1) is 5.82 Å². The maximum absolute atomic E-state index is 13.5. The molecule has 3 N–H and O–H groups in total. The lowest BCUT2D eigenvalue weighted by atomic mass is 10.1. The second kappa shape index (κ2) is 16.1. The van der Waals surface area contributed by atoms with Crippen LogP contribution in [0.4, 0.5) is 15.8 Å². The van der Waals surface area contributed by atoms with E-state index in [0.29, 0.717) is 29.1 Å². The molecule has 238 valence electrons. The maximum Gasteiger partial charge on any atom is 0.262 e. The third-order valence-electron chi connectivity index (χ3n) is 6.41. The van der Waals surface area contributed by atoms with Gasteiger partial charge in [-0.05, 0) is 90.3 Å². The number of carbonyl (C=O) groups is 3. The Bertz CT molecular complexity index is 1770. The van der Waals surface area contributed by atoms with Gasteiger partial charge in [0.2, 0.25) is 15.9 Å². The molecule has 0 spiro atoms. The molecule has 0 saturated carbocycles. The molecule has 0 saturated heterocycles. The number of carbonyl (C=O) groups excluding carboxylic acids is 3. The van der Waals surface area contributed by atoms with Gasteiger partial charge in [0.25, 0.3) is 11.8 Å². The Morgan fingerprint density at radius 2 is 1.46 bits per heavy atom. The summed E-state index contributed by atoms with van der Waals surface area (Å²) in [7, 11) is -4.07. The first-order valence-corrected chi connectivity index (χ1v) is 15.5. The number of rotatable bonds is 14. The zero-order valence-electron chi connectivity index (χ0n) is 24.9. The Morgan fingerprint density at radius 1 is 0.826 bits per heavy atom. The fourth-order valence-electron chi connectivity index (χ4n) is 4.15. The Kier molecular flexibility index (Phi) is 11.7. The van der Waals surface area contributed by atoms with Gasteiger partial charge in [0.05, 0.1) is 17.7 Å². The summed E-state index contributed by atoms with van der Waals surface area (Å²) in [6.45, 7) is 0.653. The Balaban J connectivity index is 1.33. The first-order valence-electron chi connectivity index (χ1n) is 14.1. The van der Waals surface area contributed by atoms with E-state index in [2.05, 4.69) is 21.2 Å². The summed E-state index contributed by atoms with van der Waals surface area (Å²) in [5.41, 5.74) is 4.77. The highest BCUT2D eigenvalue weighted by Gasteiger charge is 2.26. The van der Waals surface area contributed by atoms with Crippen molar-refractivity contribution < 1.29 is 31.9 Å². The maximum atomic E-state index is 13.5. The lowest BCUT2D eigenvalue weighted by Crippen LogP contribution is -2.40. The van der Waals surface area contributed by atoms with Crippen LogP contribution in [0.3, 0.4) is 0 Å². The van der Waals surface area contributed by atoms with Crippen molar-refractivity contribution in [3.63, 3.8) is 0 Å². The van der Waals surface area contributed by atoms with Gasteiger partial charge >= 0.3 is 0 Å². The number of nitrogens with one attached hydrogen (secondary N) is 3. The second-order valence-electron chi connectivity index (χ2n) is 9.99. The molecule has 0 aliphatic heterocycles. The molecule has 13 heteroatoms. The van der Waals surface area contributed by atoms with Gasteiger partial charge in [-0.25, -0.2) is 18.2 Å². The SMILES string of the molecule is CC(=O)Nc1ccc(S(=O)(=O)N(CCc2ccccc2)CC(=O)N/N=C/c2ccc(OCC(=O)Nc3ccc(F)cc3)cc2)cc1. The Labute approximate surface area is 266 Å². The zero-order valence-corrected chi connectivity index (χ0v) is 25.7. The summed E-state index contributed by atoms with van der Waals surface area (Å²) < 4.78 is 46.6. The van der Waals surface area contributed by atoms with E-state index in [1.165, 1.54) is 61.7 Å². The van der Waals surface area contributed by atoms with E-state index in [-0.39, 0.29) is 24.0 Å². The van der Waals surface area contributed by atoms with Crippen LogP contribution in [0.5, 0.6) is 5.75 Å². The highest BCUT2D eigenvalue weighted by Crippen LogP contribution is 2.19. The molecular weight excluding hydrogens is 613 g/mol. The summed E-state index contributed by atoms with van der Waals surface area (Å²) in [5.74, 6) is -1.34. The van der Waals surface area contributed by atoms with E-state index in [4.69, 9.17) is 4.74 Å². The molecule has 0 atom stereocenters. The molecule has 0 aromatic heterocycles. The van der Waals surface area contributed by atoms with Gasteiger partial charge in [0.15, 0.2) is 6.61 Å². The predicted molar refractivity (Wildman–Crippen MR) is 172 cm³/mol. The van der Waals surface area contributed by atoms with Gasteiger partial charge in [-0.1, -0.05) is 30.3 Å². The first kappa shape index (κ1) is 33.5. The molecule has 0 fully saturated rings. The van der Waals surface area contributed by atoms with E-state index in [1.54, 1.807) is 24.3 Å². The number of amides is 3. The minimum Gasteiger partial charge on any atom is -0.484 e. The fourth-order valence-corrected chi connectivity index (χ4v) is 5.55. The van der Waals surface area contributed by atoms with Crippen molar-refractivity contribution in [1.29, 1.82) is 0 Å². The molecule has 4 aromatic rings. The van der Waals surface area contributed by atoms with Crippen LogP contribution in [0.2, 0.25) is 0 Å². The van der Waals surface area contributed by atoms with E-state index in [0.717, 1.165) is 9.87 Å². The molecule has 0 heterocycles. The molecule has 4 aromatic carbocycles. The fraction of sp³-hybridized carbons (Fsp3) is 0.152. The largest absolute Gasteiger partial charge is 0.484 e. The van der Waals surface area contributed by atoms with Crippen LogP contribution in [0.25, 0.3) is 0 Å². The molecule has 46 heavy (non-hydrogen) atoms. The van der Waals surface area contributed by atoms with Crippen LogP contribution in [0.15, 0.2) is 113 Å². The molecule has 0 unspecified atom stereocenters. The van der Waals surface area contributed by atoms with Crippen LogP contribution in [-0.4, -0.2) is 56.4 Å². The molecule has 4 rings (SSSR count). The number of halogens is 1. The third-order valence-corrected chi connectivity index (χ3v) is 8.27. The Hall–Kier alpha value is -5.40. The monoisotopic (exact) mass is 645 g/mol. The summed E-state index contributed by atoms with van der Waals surface area (Å²) in [6.07, 6.45) is 1.76. The number of benzene rings is 4. The van der Waals surface area contributed by atoms with E-state index < -0.39 is 34.2 Å². The van der Waals surface area contributed by atoms with Crippen LogP contribution in [-0.2, 0) is 30.8 Å². The zero-order chi connectivity index (χ0) is 32.9. The summed E-state index contributed by atoms with van der Waals surface area (Å²) in [4.78, 5) is 36.2. The average molecular weight is 646 g/mol. The minimum atomic E-state index is -4.07. The van der Waals surface area contributed by atoms with Crippen molar-refractivity contribution in [2.45, 2.75) is 18.2 Å². The number of anilines is 2. The normalized spacial score (nSPS) is 11.3. The number of ether oxygens (including phenoxy) is 1. The molecule has 0 aliphatic rings. The first-order chi connectivity index (χ1) is 22.1. The van der Waals surface area contributed by atoms with Crippen molar-refractivity contribution >= 4 is 45.3 Å². The minimum absolute atomic E-state index is 0.0267. The molecule has 3 amide bonds. The molecule has 11 nitrogen and oxygen atoms in total. The predicted octanol–water partition coefficient (Wildman–Crippen LogP) is 4.19. The van der Waals surface area contributed by atoms with E-state index >= 15 is 0 Å². The van der Waals surface area contributed by atoms with Crippen LogP contribution < -0.4 is 20.8 Å². The molecular formula is C33H32FN5O6S. The van der Waals surface area contributed by atoms with Gasteiger partial charge < -0.3 is 15.4 Å². The topological polar surface area (TPSA) is 146 Å². The summed E-state index contributed by atoms with van der Waals surface area (Å²) >= 11 is 0. The highest BCUT2D eigenvalue weighted by atomic mass is 32.2. The molecule has 0 aliphatic carbocycles. The summed E-state index contributed by atoms with van der Waals surface area (Å²) in [5, 5.41) is 9.14. The number of sulfonamides is 1.